The van der Waals surface area contributed by atoms with Crippen molar-refractivity contribution in [1.82, 2.24) is 4.90 Å². The van der Waals surface area contributed by atoms with Crippen molar-refractivity contribution >= 4 is 51.1 Å². The molecule has 1 fully saturated rings. The highest BCUT2D eigenvalue weighted by molar-refractivity contribution is 9.10. The fourth-order valence-electron chi connectivity index (χ4n) is 3.20. The van der Waals surface area contributed by atoms with E-state index < -0.39 is 0 Å². The zero-order valence-electron chi connectivity index (χ0n) is 18.7. The van der Waals surface area contributed by atoms with Crippen LogP contribution < -0.4 is 0 Å². The highest BCUT2D eigenvalue weighted by Gasteiger charge is 2.34. The van der Waals surface area contributed by atoms with Crippen molar-refractivity contribution < 1.29 is 9.21 Å². The molecule has 2 aromatic carbocycles. The van der Waals surface area contributed by atoms with Gasteiger partial charge in [-0.15, -0.1) is 5.10 Å². The molecule has 0 bridgehead atoms. The van der Waals surface area contributed by atoms with Gasteiger partial charge in [-0.25, -0.2) is 0 Å². The Bertz CT molecular complexity index is 1210. The van der Waals surface area contributed by atoms with Crippen molar-refractivity contribution in [2.45, 2.75) is 32.7 Å². The molecule has 1 aliphatic rings. The Balaban J connectivity index is 1.59. The van der Waals surface area contributed by atoms with Crippen LogP contribution >= 0.6 is 27.7 Å². The molecule has 0 spiro atoms. The minimum atomic E-state index is -0.117. The third-order valence-corrected chi connectivity index (χ3v) is 6.60. The van der Waals surface area contributed by atoms with Gasteiger partial charge in [0.05, 0.1) is 23.9 Å². The largest absolute Gasteiger partial charge is 0.467 e. The quantitative estimate of drug-likeness (QED) is 0.209. The van der Waals surface area contributed by atoms with E-state index in [9.17, 15) is 4.79 Å². The van der Waals surface area contributed by atoms with E-state index >= 15 is 0 Å². The fraction of sp³-hybridized carbons (Fsp3) is 0.192. The van der Waals surface area contributed by atoms with Crippen molar-refractivity contribution in [1.29, 1.82) is 0 Å². The zero-order chi connectivity index (χ0) is 23.4. The number of benzene rings is 2. The molecule has 0 atom stereocenters. The smallest absolute Gasteiger partial charge is 0.267 e. The molecule has 1 aliphatic heterocycles. The van der Waals surface area contributed by atoms with E-state index in [1.54, 1.807) is 23.4 Å². The van der Waals surface area contributed by atoms with E-state index in [4.69, 9.17) is 4.42 Å². The average molecular weight is 522 g/mol. The van der Waals surface area contributed by atoms with Crippen molar-refractivity contribution in [3.63, 3.8) is 0 Å². The Morgan fingerprint density at radius 2 is 1.73 bits per heavy atom. The van der Waals surface area contributed by atoms with Crippen LogP contribution in [0.3, 0.4) is 0 Å². The van der Waals surface area contributed by atoms with E-state index in [2.05, 4.69) is 59.0 Å². The van der Waals surface area contributed by atoms with Crippen molar-refractivity contribution in [3.8, 4) is 0 Å². The molecule has 0 N–H and O–H groups in total. The van der Waals surface area contributed by atoms with E-state index in [-0.39, 0.29) is 11.3 Å². The van der Waals surface area contributed by atoms with Gasteiger partial charge in [0, 0.05) is 4.47 Å². The van der Waals surface area contributed by atoms with Crippen LogP contribution in [0, 0.1) is 0 Å². The molecule has 1 saturated heterocycles. The Morgan fingerprint density at radius 3 is 2.36 bits per heavy atom. The van der Waals surface area contributed by atoms with E-state index in [0.717, 1.165) is 15.6 Å². The second-order valence-corrected chi connectivity index (χ2v) is 10.6. The lowest BCUT2D eigenvalue weighted by Crippen LogP contribution is -2.28. The molecular weight excluding hydrogens is 498 g/mol. The number of hydrogen-bond acceptors (Lipinski definition) is 5. The van der Waals surface area contributed by atoms with Crippen LogP contribution in [0.2, 0.25) is 0 Å². The third-order valence-electron chi connectivity index (χ3n) is 5.08. The Morgan fingerprint density at radius 1 is 1.03 bits per heavy atom. The first-order chi connectivity index (χ1) is 15.8. The van der Waals surface area contributed by atoms with Crippen molar-refractivity contribution in [2.24, 2.45) is 10.2 Å². The lowest BCUT2D eigenvalue weighted by atomic mass is 9.87. The van der Waals surface area contributed by atoms with Gasteiger partial charge in [-0.3, -0.25) is 9.69 Å². The summed E-state index contributed by atoms with van der Waals surface area (Å²) in [6.45, 7) is 6.84. The van der Waals surface area contributed by atoms with Gasteiger partial charge in [0.2, 0.25) is 0 Å². The second-order valence-electron chi connectivity index (χ2n) is 8.63. The highest BCUT2D eigenvalue weighted by Crippen LogP contribution is 2.34. The molecule has 7 heteroatoms. The molecule has 3 aromatic rings. The predicted octanol–water partition coefficient (Wildman–Crippen LogP) is 6.85. The minimum Gasteiger partial charge on any atom is -0.467 e. The molecule has 0 unspecified atom stereocenters. The molecule has 1 amide bonds. The number of furan rings is 1. The number of carbonyl (C=O) groups is 1. The summed E-state index contributed by atoms with van der Waals surface area (Å²) in [6.07, 6.45) is 5.16. The van der Waals surface area contributed by atoms with Crippen LogP contribution in [0.1, 0.15) is 43.2 Å². The second kappa shape index (κ2) is 9.93. The molecule has 0 aliphatic carbocycles. The van der Waals surface area contributed by atoms with Gasteiger partial charge in [0.1, 0.15) is 5.76 Å². The summed E-state index contributed by atoms with van der Waals surface area (Å²) in [5, 5.41) is 9.09. The Labute approximate surface area is 206 Å². The number of nitrogens with zero attached hydrogens (tertiary/aromatic N) is 3. The number of amides is 1. The number of halogens is 1. The Hall–Kier alpha value is -2.90. The first-order valence-electron chi connectivity index (χ1n) is 10.5. The van der Waals surface area contributed by atoms with Gasteiger partial charge in [-0.2, -0.15) is 5.10 Å². The van der Waals surface area contributed by atoms with E-state index in [1.165, 1.54) is 17.3 Å². The normalized spacial score (nSPS) is 17.1. The monoisotopic (exact) mass is 521 g/mol. The molecule has 168 valence electrons. The van der Waals surface area contributed by atoms with E-state index in [0.29, 0.717) is 22.4 Å². The standard InChI is InChI=1S/C26H24BrN3O2S/c1-26(2,3)20-10-6-18(7-11-20)15-23-24(31)30(17-22-5-4-14-32-22)25(33-23)29-28-16-19-8-12-21(27)13-9-19/h4-16H,17H2,1-3H3/b23-15-,28-16+,29-25-. The molecule has 2 heterocycles. The zero-order valence-corrected chi connectivity index (χ0v) is 21.1. The summed E-state index contributed by atoms with van der Waals surface area (Å²) in [4.78, 5) is 15.4. The maximum Gasteiger partial charge on any atom is 0.267 e. The van der Waals surface area contributed by atoms with E-state index in [1.807, 2.05) is 48.5 Å². The molecular formula is C26H24BrN3O2S. The number of hydrogen-bond donors (Lipinski definition) is 0. The van der Waals surface area contributed by atoms with Gasteiger partial charge in [0.25, 0.3) is 5.91 Å². The topological polar surface area (TPSA) is 58.2 Å². The van der Waals surface area contributed by atoms with Gasteiger partial charge in [-0.1, -0.05) is 73.1 Å². The lowest BCUT2D eigenvalue weighted by molar-refractivity contribution is -0.122. The van der Waals surface area contributed by atoms with Crippen LogP contribution in [-0.4, -0.2) is 22.2 Å². The summed E-state index contributed by atoms with van der Waals surface area (Å²) in [5.74, 6) is 0.568. The van der Waals surface area contributed by atoms with Gasteiger partial charge in [-0.05, 0) is 64.2 Å². The molecule has 5 nitrogen and oxygen atoms in total. The fourth-order valence-corrected chi connectivity index (χ4v) is 4.40. The average Bonchev–Trinajstić information content (AvgIpc) is 3.39. The summed E-state index contributed by atoms with van der Waals surface area (Å²) in [6, 6.07) is 19.7. The maximum absolute atomic E-state index is 13.2. The van der Waals surface area contributed by atoms with Crippen molar-refractivity contribution in [3.05, 3.63) is 98.8 Å². The van der Waals surface area contributed by atoms with Gasteiger partial charge in [0.15, 0.2) is 5.17 Å². The van der Waals surface area contributed by atoms with Gasteiger partial charge < -0.3 is 4.42 Å². The molecule has 1 aromatic heterocycles. The number of carbonyl (C=O) groups excluding carboxylic acids is 1. The highest BCUT2D eigenvalue weighted by atomic mass is 79.9. The number of thioether (sulfide) groups is 1. The molecule has 33 heavy (non-hydrogen) atoms. The maximum atomic E-state index is 13.2. The molecule has 4 rings (SSSR count). The van der Waals surface area contributed by atoms with Crippen LogP contribution in [0.25, 0.3) is 6.08 Å². The Kier molecular flexibility index (Phi) is 7.00. The summed E-state index contributed by atoms with van der Waals surface area (Å²) in [7, 11) is 0. The predicted molar refractivity (Wildman–Crippen MR) is 139 cm³/mol. The van der Waals surface area contributed by atoms with Crippen LogP contribution in [0.15, 0.2) is 90.9 Å². The minimum absolute atomic E-state index is 0.0795. The van der Waals surface area contributed by atoms with Crippen LogP contribution in [-0.2, 0) is 16.8 Å². The van der Waals surface area contributed by atoms with Crippen LogP contribution in [0.4, 0.5) is 0 Å². The van der Waals surface area contributed by atoms with Crippen LogP contribution in [0.5, 0.6) is 0 Å². The third kappa shape index (κ3) is 5.92. The van der Waals surface area contributed by atoms with Gasteiger partial charge >= 0.3 is 0 Å². The number of amidine groups is 1. The molecule has 0 saturated carbocycles. The summed E-state index contributed by atoms with van der Waals surface area (Å²) in [5.41, 5.74) is 3.22. The molecule has 0 radical (unpaired) electrons. The first-order valence-corrected chi connectivity index (χ1v) is 12.1. The first kappa shape index (κ1) is 23.3. The SMILES string of the molecule is CC(C)(C)c1ccc(/C=C2\S/C(=N\N=C\c3ccc(Br)cc3)N(Cc3ccco3)C2=O)cc1. The summed E-state index contributed by atoms with van der Waals surface area (Å²) < 4.78 is 6.45. The van der Waals surface area contributed by atoms with Crippen molar-refractivity contribution in [2.75, 3.05) is 0 Å². The summed E-state index contributed by atoms with van der Waals surface area (Å²) >= 11 is 4.74. The lowest BCUT2D eigenvalue weighted by Gasteiger charge is -2.18. The number of rotatable bonds is 5.